The number of rotatable bonds is 6. The molecule has 1 rings (SSSR count). The summed E-state index contributed by atoms with van der Waals surface area (Å²) in [7, 11) is -3.51. The van der Waals surface area contributed by atoms with Crippen LogP contribution in [-0.2, 0) is 14.8 Å². The van der Waals surface area contributed by atoms with Gasteiger partial charge in [-0.1, -0.05) is 19.3 Å². The lowest BCUT2D eigenvalue weighted by Gasteiger charge is -2.35. The van der Waals surface area contributed by atoms with Gasteiger partial charge in [0.2, 0.25) is 15.9 Å². The van der Waals surface area contributed by atoms with E-state index in [9.17, 15) is 13.2 Å². The number of carbonyl (C=O) groups excluding carboxylic acids is 1. The molecule has 0 radical (unpaired) electrons. The average Bonchev–Trinajstić information content (AvgIpc) is 2.28. The Morgan fingerprint density at radius 2 is 1.83 bits per heavy atom. The lowest BCUT2D eigenvalue weighted by molar-refractivity contribution is -0.123. The van der Waals surface area contributed by atoms with Gasteiger partial charge in [-0.2, -0.15) is 0 Å². The van der Waals surface area contributed by atoms with Gasteiger partial charge in [0.05, 0.1) is 5.75 Å². The Morgan fingerprint density at radius 3 is 2.33 bits per heavy atom. The molecule has 0 aliphatic heterocycles. The summed E-state index contributed by atoms with van der Waals surface area (Å²) in [5.41, 5.74) is 5.70. The van der Waals surface area contributed by atoms with Crippen molar-refractivity contribution in [2.24, 2.45) is 16.3 Å². The highest BCUT2D eigenvalue weighted by Gasteiger charge is 2.32. The van der Waals surface area contributed by atoms with E-state index in [0.717, 1.165) is 25.7 Å². The Bertz CT molecular complexity index is 375. The van der Waals surface area contributed by atoms with Crippen LogP contribution < -0.4 is 16.2 Å². The molecule has 7 heteroatoms. The number of sulfonamides is 1. The molecule has 0 aromatic heterocycles. The maximum Gasteiger partial charge on any atom is 0.220 e. The third kappa shape index (κ3) is 5.32. The number of hydrogen-bond acceptors (Lipinski definition) is 4. The van der Waals surface area contributed by atoms with E-state index < -0.39 is 10.0 Å². The monoisotopic (exact) mass is 277 g/mol. The van der Waals surface area contributed by atoms with Gasteiger partial charge in [0.1, 0.15) is 0 Å². The normalized spacial score (nSPS) is 19.4. The van der Waals surface area contributed by atoms with E-state index in [1.54, 1.807) is 0 Å². The van der Waals surface area contributed by atoms with Gasteiger partial charge < -0.3 is 11.1 Å². The van der Waals surface area contributed by atoms with E-state index >= 15 is 0 Å². The van der Waals surface area contributed by atoms with Gasteiger partial charge in [0, 0.05) is 13.0 Å². The Balaban J connectivity index is 2.38. The largest absolute Gasteiger partial charge is 0.355 e. The van der Waals surface area contributed by atoms with Gasteiger partial charge in [0.25, 0.3) is 0 Å². The SMILES string of the molecule is NCC1(CC(=O)NCCS(N)(=O)=O)CCCCC1. The molecule has 0 bridgehead atoms. The molecule has 0 aromatic rings. The maximum absolute atomic E-state index is 11.8. The smallest absolute Gasteiger partial charge is 0.220 e. The zero-order chi connectivity index (χ0) is 13.6. The van der Waals surface area contributed by atoms with Crippen molar-refractivity contribution < 1.29 is 13.2 Å². The molecular weight excluding hydrogens is 254 g/mol. The molecule has 18 heavy (non-hydrogen) atoms. The van der Waals surface area contributed by atoms with Crippen molar-refractivity contribution in [2.75, 3.05) is 18.8 Å². The van der Waals surface area contributed by atoms with Crippen molar-refractivity contribution in [3.63, 3.8) is 0 Å². The van der Waals surface area contributed by atoms with E-state index in [4.69, 9.17) is 10.9 Å². The molecule has 6 nitrogen and oxygen atoms in total. The molecule has 0 aromatic carbocycles. The number of hydrogen-bond donors (Lipinski definition) is 3. The summed E-state index contributed by atoms with van der Waals surface area (Å²) in [6.45, 7) is 0.577. The van der Waals surface area contributed by atoms with E-state index in [2.05, 4.69) is 5.32 Å². The fourth-order valence-electron chi connectivity index (χ4n) is 2.49. The van der Waals surface area contributed by atoms with Crippen molar-refractivity contribution in [1.29, 1.82) is 0 Å². The first kappa shape index (κ1) is 15.4. The fraction of sp³-hybridized carbons (Fsp3) is 0.909. The summed E-state index contributed by atoms with van der Waals surface area (Å²) >= 11 is 0. The van der Waals surface area contributed by atoms with Crippen LogP contribution in [0.2, 0.25) is 0 Å². The van der Waals surface area contributed by atoms with Gasteiger partial charge in [-0.05, 0) is 24.8 Å². The topological polar surface area (TPSA) is 115 Å². The summed E-state index contributed by atoms with van der Waals surface area (Å²) in [6.07, 6.45) is 5.77. The number of primary sulfonamides is 1. The van der Waals surface area contributed by atoms with E-state index in [0.29, 0.717) is 13.0 Å². The molecule has 0 atom stereocenters. The van der Waals surface area contributed by atoms with E-state index in [1.807, 2.05) is 0 Å². The lowest BCUT2D eigenvalue weighted by Crippen LogP contribution is -2.40. The Morgan fingerprint density at radius 1 is 1.22 bits per heavy atom. The van der Waals surface area contributed by atoms with Crippen LogP contribution in [0, 0.1) is 5.41 Å². The molecule has 106 valence electrons. The summed E-state index contributed by atoms with van der Waals surface area (Å²) in [6, 6.07) is 0. The Hall–Kier alpha value is -0.660. The minimum absolute atomic E-state index is 0.0678. The standard InChI is InChI=1S/C11H23N3O3S/c12-9-11(4-2-1-3-5-11)8-10(15)14-6-7-18(13,16)17/h1-9,12H2,(H,14,15)(H2,13,16,17). The first-order valence-electron chi connectivity index (χ1n) is 6.34. The summed E-state index contributed by atoms with van der Waals surface area (Å²) in [4.78, 5) is 11.8. The Labute approximate surface area is 109 Å². The quantitative estimate of drug-likeness (QED) is 0.617. The minimum atomic E-state index is -3.51. The number of nitrogens with two attached hydrogens (primary N) is 2. The molecule has 1 aliphatic rings. The summed E-state index contributed by atoms with van der Waals surface area (Å²) in [5, 5.41) is 7.45. The highest BCUT2D eigenvalue weighted by atomic mass is 32.2. The van der Waals surface area contributed by atoms with Crippen molar-refractivity contribution in [2.45, 2.75) is 38.5 Å². The predicted molar refractivity (Wildman–Crippen MR) is 70.2 cm³/mol. The summed E-state index contributed by atoms with van der Waals surface area (Å²) in [5.74, 6) is -0.361. The van der Waals surface area contributed by atoms with Crippen LogP contribution in [0.3, 0.4) is 0 Å². The van der Waals surface area contributed by atoms with Gasteiger partial charge in [-0.25, -0.2) is 13.6 Å². The second-order valence-corrected chi connectivity index (χ2v) is 6.89. The van der Waals surface area contributed by atoms with Crippen LogP contribution in [0.15, 0.2) is 0 Å². The second-order valence-electron chi connectivity index (χ2n) is 5.16. The van der Waals surface area contributed by atoms with E-state index in [-0.39, 0.29) is 23.6 Å². The Kier molecular flexibility index (Phi) is 5.55. The molecule has 1 saturated carbocycles. The van der Waals surface area contributed by atoms with Crippen molar-refractivity contribution in [1.82, 2.24) is 5.32 Å². The summed E-state index contributed by atoms with van der Waals surface area (Å²) < 4.78 is 21.5. The minimum Gasteiger partial charge on any atom is -0.355 e. The van der Waals surface area contributed by atoms with Crippen molar-refractivity contribution in [3.05, 3.63) is 0 Å². The van der Waals surface area contributed by atoms with Crippen molar-refractivity contribution >= 4 is 15.9 Å². The molecule has 1 fully saturated rings. The molecule has 1 aliphatic carbocycles. The molecule has 5 N–H and O–H groups in total. The first-order chi connectivity index (χ1) is 8.37. The van der Waals surface area contributed by atoms with Gasteiger partial charge in [0.15, 0.2) is 0 Å². The fourth-order valence-corrected chi connectivity index (χ4v) is 2.88. The number of carbonyl (C=O) groups is 1. The second kappa shape index (κ2) is 6.49. The third-order valence-electron chi connectivity index (χ3n) is 3.59. The van der Waals surface area contributed by atoms with Crippen LogP contribution in [0.25, 0.3) is 0 Å². The molecule has 0 unspecified atom stereocenters. The van der Waals surface area contributed by atoms with Gasteiger partial charge in [-0.3, -0.25) is 4.79 Å². The molecule has 0 saturated heterocycles. The molecule has 0 spiro atoms. The zero-order valence-electron chi connectivity index (χ0n) is 10.7. The molecule has 0 heterocycles. The predicted octanol–water partition coefficient (Wildman–Crippen LogP) is -0.310. The van der Waals surface area contributed by atoms with Crippen LogP contribution in [0.5, 0.6) is 0 Å². The maximum atomic E-state index is 11.8. The molecular formula is C11H23N3O3S. The highest BCUT2D eigenvalue weighted by molar-refractivity contribution is 7.89. The zero-order valence-corrected chi connectivity index (χ0v) is 11.5. The highest BCUT2D eigenvalue weighted by Crippen LogP contribution is 2.38. The third-order valence-corrected chi connectivity index (χ3v) is 4.36. The van der Waals surface area contributed by atoms with Crippen molar-refractivity contribution in [3.8, 4) is 0 Å². The van der Waals surface area contributed by atoms with Gasteiger partial charge >= 0.3 is 0 Å². The van der Waals surface area contributed by atoms with Crippen LogP contribution in [0.1, 0.15) is 38.5 Å². The number of nitrogens with one attached hydrogen (secondary N) is 1. The van der Waals surface area contributed by atoms with Crippen LogP contribution in [-0.4, -0.2) is 33.2 Å². The average molecular weight is 277 g/mol. The van der Waals surface area contributed by atoms with Crippen LogP contribution in [0.4, 0.5) is 0 Å². The van der Waals surface area contributed by atoms with Gasteiger partial charge in [-0.15, -0.1) is 0 Å². The first-order valence-corrected chi connectivity index (χ1v) is 8.06. The number of amides is 1. The lowest BCUT2D eigenvalue weighted by atomic mass is 9.72. The molecule has 1 amide bonds. The van der Waals surface area contributed by atoms with Crippen LogP contribution >= 0.6 is 0 Å². The van der Waals surface area contributed by atoms with E-state index in [1.165, 1.54) is 6.42 Å².